The Balaban J connectivity index is 1.92. The number of nitrogens with zero attached hydrogens (tertiary/aromatic N) is 4. The van der Waals surface area contributed by atoms with Crippen molar-refractivity contribution < 1.29 is 14.3 Å². The van der Waals surface area contributed by atoms with E-state index in [1.54, 1.807) is 29.1 Å². The summed E-state index contributed by atoms with van der Waals surface area (Å²) in [6.45, 7) is 5.54. The minimum absolute atomic E-state index is 0.0417. The summed E-state index contributed by atoms with van der Waals surface area (Å²) in [7, 11) is 3.45. The number of fused-ring (bicyclic) bond motifs is 1. The van der Waals surface area contributed by atoms with Gasteiger partial charge in [0.25, 0.3) is 5.91 Å². The van der Waals surface area contributed by atoms with Gasteiger partial charge in [-0.2, -0.15) is 5.10 Å². The number of ether oxygens (including phenoxy) is 2. The number of carbonyl (C=O) groups is 1. The molecule has 0 unspecified atom stereocenters. The Bertz CT molecular complexity index is 760. The van der Waals surface area contributed by atoms with Crippen LogP contribution in [-0.4, -0.2) is 52.4 Å². The highest BCUT2D eigenvalue weighted by Crippen LogP contribution is 2.32. The molecule has 7 heteroatoms. The fourth-order valence-electron chi connectivity index (χ4n) is 3.39. The average Bonchev–Trinajstić information content (AvgIpc) is 2.98. The molecule has 1 amide bonds. The van der Waals surface area contributed by atoms with Crippen LogP contribution >= 0.6 is 0 Å². The molecule has 7 nitrogen and oxygen atoms in total. The number of methoxy groups -OCH3 is 1. The first-order chi connectivity index (χ1) is 12.5. The monoisotopic (exact) mass is 358 g/mol. The molecule has 3 heterocycles. The minimum Gasteiger partial charge on any atom is -0.383 e. The van der Waals surface area contributed by atoms with E-state index in [2.05, 4.69) is 10.1 Å². The lowest BCUT2D eigenvalue weighted by atomic mass is 9.99. The van der Waals surface area contributed by atoms with Crippen LogP contribution in [0.1, 0.15) is 47.3 Å². The quantitative estimate of drug-likeness (QED) is 0.792. The lowest BCUT2D eigenvalue weighted by Crippen LogP contribution is -2.31. The largest absolute Gasteiger partial charge is 0.383 e. The van der Waals surface area contributed by atoms with Crippen LogP contribution in [0.2, 0.25) is 0 Å². The molecule has 1 aliphatic rings. The number of amides is 1. The van der Waals surface area contributed by atoms with E-state index >= 15 is 0 Å². The molecule has 0 fully saturated rings. The zero-order valence-electron chi connectivity index (χ0n) is 15.8. The van der Waals surface area contributed by atoms with E-state index in [4.69, 9.17) is 9.47 Å². The summed E-state index contributed by atoms with van der Waals surface area (Å²) in [6.07, 6.45) is 4.14. The second-order valence-electron chi connectivity index (χ2n) is 6.74. The lowest BCUT2D eigenvalue weighted by molar-refractivity contribution is -0.00720. The molecule has 0 spiro atoms. The van der Waals surface area contributed by atoms with Gasteiger partial charge in [-0.05, 0) is 25.5 Å². The number of carbonyl (C=O) groups excluding carboxylic acids is 1. The molecule has 0 aliphatic carbocycles. The zero-order chi connectivity index (χ0) is 18.7. The van der Waals surface area contributed by atoms with Crippen LogP contribution in [-0.2, 0) is 29.0 Å². The van der Waals surface area contributed by atoms with E-state index in [1.807, 2.05) is 33.0 Å². The molecule has 2 atom stereocenters. The Morgan fingerprint density at radius 2 is 2.27 bits per heavy atom. The Morgan fingerprint density at radius 1 is 1.46 bits per heavy atom. The number of aromatic nitrogens is 3. The molecule has 0 N–H and O–H groups in total. The van der Waals surface area contributed by atoms with E-state index in [1.165, 1.54) is 0 Å². The molecule has 1 aliphatic heterocycles. The molecule has 140 valence electrons. The molecule has 26 heavy (non-hydrogen) atoms. The smallest absolute Gasteiger partial charge is 0.272 e. The maximum atomic E-state index is 13.2. The average molecular weight is 358 g/mol. The first-order valence-corrected chi connectivity index (χ1v) is 8.89. The van der Waals surface area contributed by atoms with Crippen LogP contribution in [0.3, 0.4) is 0 Å². The fourth-order valence-corrected chi connectivity index (χ4v) is 3.39. The molecule has 0 saturated heterocycles. The Kier molecular flexibility index (Phi) is 5.68. The van der Waals surface area contributed by atoms with E-state index in [9.17, 15) is 4.79 Å². The summed E-state index contributed by atoms with van der Waals surface area (Å²) in [5.74, 6) is -0.0417. The van der Waals surface area contributed by atoms with E-state index < -0.39 is 0 Å². The van der Waals surface area contributed by atoms with Crippen LogP contribution in [0.5, 0.6) is 0 Å². The summed E-state index contributed by atoms with van der Waals surface area (Å²) in [6, 6.07) is 3.84. The highest BCUT2D eigenvalue weighted by molar-refractivity contribution is 5.94. The van der Waals surface area contributed by atoms with Crippen molar-refractivity contribution in [2.75, 3.05) is 20.8 Å². The summed E-state index contributed by atoms with van der Waals surface area (Å²) in [4.78, 5) is 19.1. The second kappa shape index (κ2) is 7.97. The van der Waals surface area contributed by atoms with Crippen LogP contribution in [0.15, 0.2) is 24.5 Å². The topological polar surface area (TPSA) is 69.5 Å². The highest BCUT2D eigenvalue weighted by atomic mass is 16.5. The van der Waals surface area contributed by atoms with Crippen molar-refractivity contribution in [2.24, 2.45) is 0 Å². The Morgan fingerprint density at radius 3 is 2.96 bits per heavy atom. The third-order valence-corrected chi connectivity index (χ3v) is 4.59. The highest BCUT2D eigenvalue weighted by Gasteiger charge is 2.33. The molecule has 3 rings (SSSR count). The van der Waals surface area contributed by atoms with Crippen molar-refractivity contribution >= 4 is 5.91 Å². The Hall–Kier alpha value is -2.25. The summed E-state index contributed by atoms with van der Waals surface area (Å²) in [5.41, 5.74) is 3.49. The lowest BCUT2D eigenvalue weighted by Gasteiger charge is -2.25. The minimum atomic E-state index is -0.118. The first kappa shape index (κ1) is 18.5. The number of rotatable bonds is 6. The van der Waals surface area contributed by atoms with Crippen molar-refractivity contribution in [1.29, 1.82) is 0 Å². The first-order valence-electron chi connectivity index (χ1n) is 8.89. The van der Waals surface area contributed by atoms with Crippen LogP contribution < -0.4 is 0 Å². The molecular weight excluding hydrogens is 332 g/mol. The van der Waals surface area contributed by atoms with Crippen molar-refractivity contribution in [3.8, 4) is 0 Å². The summed E-state index contributed by atoms with van der Waals surface area (Å²) < 4.78 is 12.8. The normalized spacial score (nSPS) is 19.2. The maximum Gasteiger partial charge on any atom is 0.272 e. The van der Waals surface area contributed by atoms with Crippen LogP contribution in [0.4, 0.5) is 0 Å². The van der Waals surface area contributed by atoms with Crippen molar-refractivity contribution in [1.82, 2.24) is 19.7 Å². The van der Waals surface area contributed by atoms with Crippen molar-refractivity contribution in [3.05, 3.63) is 47.0 Å². The molecule has 2 aromatic heterocycles. The van der Waals surface area contributed by atoms with Crippen molar-refractivity contribution in [3.63, 3.8) is 0 Å². The van der Waals surface area contributed by atoms with Gasteiger partial charge in [-0.25, -0.2) is 0 Å². The van der Waals surface area contributed by atoms with Gasteiger partial charge >= 0.3 is 0 Å². The number of pyridine rings is 1. The van der Waals surface area contributed by atoms with Crippen LogP contribution in [0, 0.1) is 0 Å². The molecule has 0 aromatic carbocycles. The van der Waals surface area contributed by atoms with E-state index in [0.717, 1.165) is 16.8 Å². The standard InChI is InChI=1S/C19H26N4O3/c1-13-10-16-17(14(2)26-13)21-23(8-9-25-4)18(16)19(24)22(3)12-15-6-5-7-20-11-15/h5-7,11,13-14H,8-10,12H2,1-4H3/t13-,14+/m0/s1. The molecule has 2 aromatic rings. The Labute approximate surface area is 153 Å². The van der Waals surface area contributed by atoms with Gasteiger partial charge in [0, 0.05) is 45.1 Å². The van der Waals surface area contributed by atoms with E-state index in [-0.39, 0.29) is 18.1 Å². The van der Waals surface area contributed by atoms with Crippen LogP contribution in [0.25, 0.3) is 0 Å². The van der Waals surface area contributed by atoms with Gasteiger partial charge in [0.05, 0.1) is 31.1 Å². The molecule has 0 saturated carbocycles. The molecule has 0 radical (unpaired) electrons. The van der Waals surface area contributed by atoms with E-state index in [0.29, 0.717) is 31.8 Å². The third-order valence-electron chi connectivity index (χ3n) is 4.59. The third kappa shape index (κ3) is 3.78. The van der Waals surface area contributed by atoms with Gasteiger partial charge in [0.2, 0.25) is 0 Å². The molecular formula is C19H26N4O3. The summed E-state index contributed by atoms with van der Waals surface area (Å²) in [5, 5.41) is 4.67. The van der Waals surface area contributed by atoms with Gasteiger partial charge in [0.1, 0.15) is 5.69 Å². The van der Waals surface area contributed by atoms with Gasteiger partial charge in [-0.15, -0.1) is 0 Å². The number of hydrogen-bond donors (Lipinski definition) is 0. The van der Waals surface area contributed by atoms with Gasteiger partial charge < -0.3 is 14.4 Å². The zero-order valence-corrected chi connectivity index (χ0v) is 15.8. The predicted molar refractivity (Wildman–Crippen MR) is 96.8 cm³/mol. The summed E-state index contributed by atoms with van der Waals surface area (Å²) >= 11 is 0. The van der Waals surface area contributed by atoms with Gasteiger partial charge in [-0.3, -0.25) is 14.5 Å². The molecule has 0 bridgehead atoms. The fraction of sp³-hybridized carbons (Fsp3) is 0.526. The number of hydrogen-bond acceptors (Lipinski definition) is 5. The van der Waals surface area contributed by atoms with Gasteiger partial charge in [0.15, 0.2) is 0 Å². The second-order valence-corrected chi connectivity index (χ2v) is 6.74. The van der Waals surface area contributed by atoms with Gasteiger partial charge in [-0.1, -0.05) is 6.07 Å². The maximum absolute atomic E-state index is 13.2. The van der Waals surface area contributed by atoms with Crippen molar-refractivity contribution in [2.45, 2.75) is 45.6 Å². The SMILES string of the molecule is COCCn1nc2c(c1C(=O)N(C)Cc1cccnc1)C[C@H](C)O[C@@H]2C. The predicted octanol–water partition coefficient (Wildman–Crippen LogP) is 2.22.